The normalized spacial score (nSPS) is 17.6. The fourth-order valence-corrected chi connectivity index (χ4v) is 4.23. The molecule has 0 saturated carbocycles. The van der Waals surface area contributed by atoms with Gasteiger partial charge < -0.3 is 9.84 Å². The van der Waals surface area contributed by atoms with E-state index in [0.29, 0.717) is 23.2 Å². The summed E-state index contributed by atoms with van der Waals surface area (Å²) in [6.45, 7) is 2.90. The monoisotopic (exact) mass is 350 g/mol. The van der Waals surface area contributed by atoms with E-state index in [2.05, 4.69) is 15.0 Å². The molecule has 1 aromatic carbocycles. The van der Waals surface area contributed by atoms with Gasteiger partial charge in [0.1, 0.15) is 6.33 Å². The topological polar surface area (TPSA) is 62.9 Å². The number of aromatic nitrogens is 3. The zero-order valence-corrected chi connectivity index (χ0v) is 13.8. The van der Waals surface area contributed by atoms with Crippen LogP contribution in [0.25, 0.3) is 4.96 Å². The van der Waals surface area contributed by atoms with Crippen LogP contribution in [-0.2, 0) is 4.74 Å². The minimum Gasteiger partial charge on any atom is -0.492 e. The summed E-state index contributed by atoms with van der Waals surface area (Å²) in [7, 11) is 0. The Kier molecular flexibility index (Phi) is 3.94. The summed E-state index contributed by atoms with van der Waals surface area (Å²) in [6.07, 6.45) is 1.44. The number of halogens is 1. The van der Waals surface area contributed by atoms with Gasteiger partial charge in [0, 0.05) is 18.1 Å². The Bertz CT molecular complexity index is 828. The first kappa shape index (κ1) is 14.9. The Morgan fingerprint density at radius 3 is 2.78 bits per heavy atom. The SMILES string of the molecule is Oc1c([C@@H](c2ccccc2Cl)N2CCOCC2)sc2ncnn12. The third-order valence-corrected chi connectivity index (χ3v) is 5.43. The van der Waals surface area contributed by atoms with Crippen LogP contribution >= 0.6 is 22.9 Å². The highest BCUT2D eigenvalue weighted by Crippen LogP contribution is 2.41. The Morgan fingerprint density at radius 1 is 1.26 bits per heavy atom. The standard InChI is InChI=1S/C15H15ClN4O2S/c16-11-4-2-1-3-10(11)12(19-5-7-22-8-6-19)13-14(21)20-15(23-13)17-9-18-20/h1-4,9,12,21H,5-8H2/t12-/m1/s1. The van der Waals surface area contributed by atoms with E-state index in [9.17, 15) is 5.11 Å². The summed E-state index contributed by atoms with van der Waals surface area (Å²) in [5.41, 5.74) is 0.968. The molecule has 0 spiro atoms. The first-order valence-electron chi connectivity index (χ1n) is 7.33. The van der Waals surface area contributed by atoms with Crippen molar-refractivity contribution in [3.8, 4) is 5.88 Å². The number of benzene rings is 1. The zero-order chi connectivity index (χ0) is 15.8. The Hall–Kier alpha value is -1.67. The second kappa shape index (κ2) is 6.09. The van der Waals surface area contributed by atoms with Gasteiger partial charge in [-0.05, 0) is 11.6 Å². The number of ether oxygens (including phenoxy) is 1. The van der Waals surface area contributed by atoms with Gasteiger partial charge in [0.15, 0.2) is 0 Å². The van der Waals surface area contributed by atoms with Crippen LogP contribution in [0.1, 0.15) is 16.5 Å². The average Bonchev–Trinajstić information content (AvgIpc) is 3.15. The molecule has 6 nitrogen and oxygen atoms in total. The van der Waals surface area contributed by atoms with Gasteiger partial charge in [-0.3, -0.25) is 4.90 Å². The maximum atomic E-state index is 10.6. The molecule has 2 aromatic heterocycles. The van der Waals surface area contributed by atoms with Crippen molar-refractivity contribution in [2.75, 3.05) is 26.3 Å². The zero-order valence-electron chi connectivity index (χ0n) is 12.2. The quantitative estimate of drug-likeness (QED) is 0.786. The molecule has 120 valence electrons. The Labute approximate surface area is 141 Å². The highest BCUT2D eigenvalue weighted by Gasteiger charge is 2.31. The summed E-state index contributed by atoms with van der Waals surface area (Å²) >= 11 is 7.87. The van der Waals surface area contributed by atoms with E-state index in [4.69, 9.17) is 16.3 Å². The van der Waals surface area contributed by atoms with Gasteiger partial charge in [-0.25, -0.2) is 4.98 Å². The van der Waals surface area contributed by atoms with Gasteiger partial charge in [0.25, 0.3) is 0 Å². The maximum Gasteiger partial charge on any atom is 0.230 e. The van der Waals surface area contributed by atoms with Crippen molar-refractivity contribution in [2.24, 2.45) is 0 Å². The highest BCUT2D eigenvalue weighted by atomic mass is 35.5. The fraction of sp³-hybridized carbons (Fsp3) is 0.333. The van der Waals surface area contributed by atoms with E-state index < -0.39 is 0 Å². The molecule has 23 heavy (non-hydrogen) atoms. The van der Waals surface area contributed by atoms with E-state index in [-0.39, 0.29) is 11.9 Å². The largest absolute Gasteiger partial charge is 0.492 e. The molecular weight excluding hydrogens is 336 g/mol. The molecule has 0 radical (unpaired) electrons. The van der Waals surface area contributed by atoms with Crippen LogP contribution in [0.2, 0.25) is 5.02 Å². The molecule has 3 aromatic rings. The van der Waals surface area contributed by atoms with E-state index in [1.54, 1.807) is 0 Å². The number of hydrogen-bond donors (Lipinski definition) is 1. The van der Waals surface area contributed by atoms with Gasteiger partial charge in [0.05, 0.1) is 24.1 Å². The van der Waals surface area contributed by atoms with Crippen molar-refractivity contribution in [1.29, 1.82) is 0 Å². The smallest absolute Gasteiger partial charge is 0.230 e. The van der Waals surface area contributed by atoms with Gasteiger partial charge in [-0.1, -0.05) is 41.1 Å². The first-order valence-corrected chi connectivity index (χ1v) is 8.53. The number of thiazole rings is 1. The van der Waals surface area contributed by atoms with Gasteiger partial charge in [0.2, 0.25) is 10.8 Å². The molecule has 1 saturated heterocycles. The van der Waals surface area contributed by atoms with Crippen LogP contribution < -0.4 is 0 Å². The lowest BCUT2D eigenvalue weighted by molar-refractivity contribution is 0.0241. The van der Waals surface area contributed by atoms with Gasteiger partial charge in [-0.2, -0.15) is 9.61 Å². The molecular formula is C15H15ClN4O2S. The first-order chi connectivity index (χ1) is 11.3. The number of fused-ring (bicyclic) bond motifs is 1. The third kappa shape index (κ3) is 2.59. The number of rotatable bonds is 3. The van der Waals surface area contributed by atoms with Crippen molar-refractivity contribution in [3.63, 3.8) is 0 Å². The van der Waals surface area contributed by atoms with E-state index in [1.807, 2.05) is 24.3 Å². The molecule has 0 amide bonds. The molecule has 3 heterocycles. The Morgan fingerprint density at radius 2 is 2.04 bits per heavy atom. The lowest BCUT2D eigenvalue weighted by Crippen LogP contribution is -2.39. The summed E-state index contributed by atoms with van der Waals surface area (Å²) in [4.78, 5) is 7.92. The molecule has 1 aliphatic heterocycles. The molecule has 4 rings (SSSR count). The predicted octanol–water partition coefficient (Wildman–Crippen LogP) is 2.57. The second-order valence-electron chi connectivity index (χ2n) is 5.32. The molecule has 8 heteroatoms. The highest BCUT2D eigenvalue weighted by molar-refractivity contribution is 7.17. The van der Waals surface area contributed by atoms with Crippen molar-refractivity contribution >= 4 is 27.9 Å². The molecule has 1 N–H and O–H groups in total. The second-order valence-corrected chi connectivity index (χ2v) is 6.73. The van der Waals surface area contributed by atoms with Crippen molar-refractivity contribution in [1.82, 2.24) is 19.5 Å². The molecule has 0 unspecified atom stereocenters. The molecule has 0 aliphatic carbocycles. The number of morpholine rings is 1. The van der Waals surface area contributed by atoms with Crippen LogP contribution in [0.3, 0.4) is 0 Å². The number of aromatic hydroxyl groups is 1. The van der Waals surface area contributed by atoms with Gasteiger partial charge in [-0.15, -0.1) is 0 Å². The van der Waals surface area contributed by atoms with Crippen molar-refractivity contribution in [3.05, 3.63) is 46.1 Å². The number of hydrogen-bond acceptors (Lipinski definition) is 6. The van der Waals surface area contributed by atoms with Crippen LogP contribution in [0, 0.1) is 0 Å². The Balaban J connectivity index is 1.85. The molecule has 1 atom stereocenters. The van der Waals surface area contributed by atoms with Crippen LogP contribution in [0.5, 0.6) is 5.88 Å². The summed E-state index contributed by atoms with van der Waals surface area (Å²) in [6, 6.07) is 7.60. The molecule has 0 bridgehead atoms. The van der Waals surface area contributed by atoms with E-state index >= 15 is 0 Å². The minimum atomic E-state index is -0.138. The summed E-state index contributed by atoms with van der Waals surface area (Å²) in [5.74, 6) is 0.124. The third-order valence-electron chi connectivity index (χ3n) is 4.00. The maximum absolute atomic E-state index is 10.6. The van der Waals surface area contributed by atoms with Crippen LogP contribution in [0.4, 0.5) is 0 Å². The molecule has 1 aliphatic rings. The van der Waals surface area contributed by atoms with Crippen molar-refractivity contribution < 1.29 is 9.84 Å². The molecule has 1 fully saturated rings. The number of nitrogens with zero attached hydrogens (tertiary/aromatic N) is 4. The van der Waals surface area contributed by atoms with Crippen molar-refractivity contribution in [2.45, 2.75) is 6.04 Å². The summed E-state index contributed by atoms with van der Waals surface area (Å²) in [5, 5.41) is 15.4. The predicted molar refractivity (Wildman–Crippen MR) is 88.2 cm³/mol. The lowest BCUT2D eigenvalue weighted by Gasteiger charge is -2.34. The average molecular weight is 351 g/mol. The fourth-order valence-electron chi connectivity index (χ4n) is 2.91. The van der Waals surface area contributed by atoms with Gasteiger partial charge >= 0.3 is 0 Å². The van der Waals surface area contributed by atoms with E-state index in [1.165, 1.54) is 22.2 Å². The minimum absolute atomic E-state index is 0.124. The lowest BCUT2D eigenvalue weighted by atomic mass is 10.0. The van der Waals surface area contributed by atoms with Crippen LogP contribution in [-0.4, -0.2) is 50.9 Å². The summed E-state index contributed by atoms with van der Waals surface area (Å²) < 4.78 is 6.92. The van der Waals surface area contributed by atoms with Crippen LogP contribution in [0.15, 0.2) is 30.6 Å². The van der Waals surface area contributed by atoms with E-state index in [0.717, 1.165) is 23.5 Å².